The van der Waals surface area contributed by atoms with Crippen molar-refractivity contribution < 1.29 is 9.90 Å². The van der Waals surface area contributed by atoms with Crippen LogP contribution in [0.1, 0.15) is 55.3 Å². The van der Waals surface area contributed by atoms with Crippen LogP contribution in [-0.2, 0) is 0 Å². The summed E-state index contributed by atoms with van der Waals surface area (Å²) in [7, 11) is 0. The second kappa shape index (κ2) is 6.43. The van der Waals surface area contributed by atoms with Gasteiger partial charge in [-0.1, -0.05) is 20.3 Å². The summed E-state index contributed by atoms with van der Waals surface area (Å²) in [4.78, 5) is 19.8. The Labute approximate surface area is 123 Å². The zero-order chi connectivity index (χ0) is 14.7. The summed E-state index contributed by atoms with van der Waals surface area (Å²) < 4.78 is 0. The van der Waals surface area contributed by atoms with E-state index in [0.717, 1.165) is 6.42 Å². The van der Waals surface area contributed by atoms with E-state index in [2.05, 4.69) is 21.5 Å². The number of hydrogen-bond acceptors (Lipinski definition) is 5. The van der Waals surface area contributed by atoms with Gasteiger partial charge in [0.1, 0.15) is 5.82 Å². The summed E-state index contributed by atoms with van der Waals surface area (Å²) in [5.74, 6) is -0.316. The predicted octanol–water partition coefficient (Wildman–Crippen LogP) is 2.99. The first-order chi connectivity index (χ1) is 9.52. The summed E-state index contributed by atoms with van der Waals surface area (Å²) in [6.07, 6.45) is 7.13. The smallest absolute Gasteiger partial charge is 0.356 e. The maximum Gasteiger partial charge on any atom is 0.356 e. The molecule has 0 bridgehead atoms. The molecule has 6 heteroatoms. The van der Waals surface area contributed by atoms with Gasteiger partial charge >= 0.3 is 5.97 Å². The molecule has 0 saturated heterocycles. The van der Waals surface area contributed by atoms with Crippen LogP contribution in [0.25, 0.3) is 0 Å². The summed E-state index contributed by atoms with van der Waals surface area (Å²) in [5.41, 5.74) is 0.614. The van der Waals surface area contributed by atoms with Crippen molar-refractivity contribution in [2.45, 2.75) is 50.3 Å². The fraction of sp³-hybridized carbons (Fsp3) is 0.643. The van der Waals surface area contributed by atoms with Crippen LogP contribution in [0.5, 0.6) is 0 Å². The van der Waals surface area contributed by atoms with Crippen molar-refractivity contribution in [1.29, 1.82) is 0 Å². The molecule has 0 aliphatic heterocycles. The molecule has 0 spiro atoms. The number of carbonyl (C=O) groups is 1. The summed E-state index contributed by atoms with van der Waals surface area (Å²) >= 11 is 1.83. The first-order valence-electron chi connectivity index (χ1n) is 6.92. The summed E-state index contributed by atoms with van der Waals surface area (Å²) in [6, 6.07) is 0.302. The van der Waals surface area contributed by atoms with E-state index in [1.165, 1.54) is 12.8 Å². The molecule has 2 N–H and O–H groups in total. The fourth-order valence-electron chi connectivity index (χ4n) is 2.52. The first kappa shape index (κ1) is 15.1. The SMILES string of the molecule is CSC1CCCC1Nc1cnc(C(C)C)nc1C(=O)O. The molecule has 1 fully saturated rings. The van der Waals surface area contributed by atoms with Crippen LogP contribution < -0.4 is 5.32 Å². The highest BCUT2D eigenvalue weighted by Crippen LogP contribution is 2.31. The largest absolute Gasteiger partial charge is 0.476 e. The first-order valence-corrected chi connectivity index (χ1v) is 8.21. The molecule has 5 nitrogen and oxygen atoms in total. The molecule has 0 amide bonds. The van der Waals surface area contributed by atoms with Crippen LogP contribution in [0.4, 0.5) is 5.69 Å². The number of nitrogens with zero attached hydrogens (tertiary/aromatic N) is 2. The maximum atomic E-state index is 11.4. The Balaban J connectivity index is 2.24. The minimum atomic E-state index is -1.00. The van der Waals surface area contributed by atoms with Crippen molar-refractivity contribution in [2.24, 2.45) is 0 Å². The zero-order valence-corrected chi connectivity index (χ0v) is 12.9. The Morgan fingerprint density at radius 1 is 1.50 bits per heavy atom. The molecule has 1 aromatic rings. The molecular formula is C14H21N3O2S. The number of thioether (sulfide) groups is 1. The van der Waals surface area contributed by atoms with Gasteiger partial charge in [-0.15, -0.1) is 0 Å². The van der Waals surface area contributed by atoms with E-state index in [9.17, 15) is 9.90 Å². The quantitative estimate of drug-likeness (QED) is 0.869. The van der Waals surface area contributed by atoms with E-state index >= 15 is 0 Å². The highest BCUT2D eigenvalue weighted by molar-refractivity contribution is 7.99. The predicted molar refractivity (Wildman–Crippen MR) is 81.6 cm³/mol. The van der Waals surface area contributed by atoms with Crippen molar-refractivity contribution >= 4 is 23.4 Å². The van der Waals surface area contributed by atoms with Crippen molar-refractivity contribution in [3.05, 3.63) is 17.7 Å². The molecule has 1 saturated carbocycles. The lowest BCUT2D eigenvalue weighted by Crippen LogP contribution is -2.27. The molecule has 1 aliphatic rings. The molecule has 0 radical (unpaired) electrons. The third kappa shape index (κ3) is 3.23. The van der Waals surface area contributed by atoms with Gasteiger partial charge in [0, 0.05) is 17.2 Å². The number of aromatic nitrogens is 2. The van der Waals surface area contributed by atoms with Crippen LogP contribution >= 0.6 is 11.8 Å². The Hall–Kier alpha value is -1.30. The van der Waals surface area contributed by atoms with Gasteiger partial charge in [-0.2, -0.15) is 11.8 Å². The van der Waals surface area contributed by atoms with E-state index in [-0.39, 0.29) is 11.6 Å². The number of nitrogens with one attached hydrogen (secondary N) is 1. The number of carboxylic acid groups (broad SMARTS) is 1. The number of aromatic carboxylic acids is 1. The van der Waals surface area contributed by atoms with Crippen molar-refractivity contribution in [3.63, 3.8) is 0 Å². The molecule has 1 aliphatic carbocycles. The van der Waals surface area contributed by atoms with Crippen molar-refractivity contribution in [3.8, 4) is 0 Å². The summed E-state index contributed by atoms with van der Waals surface area (Å²) in [5, 5.41) is 13.2. The van der Waals surface area contributed by atoms with Gasteiger partial charge in [-0.25, -0.2) is 14.8 Å². The second-order valence-electron chi connectivity index (χ2n) is 5.41. The summed E-state index contributed by atoms with van der Waals surface area (Å²) in [6.45, 7) is 3.91. The van der Waals surface area contributed by atoms with Crippen LogP contribution in [0, 0.1) is 0 Å². The van der Waals surface area contributed by atoms with Crippen LogP contribution in [0.3, 0.4) is 0 Å². The Kier molecular flexibility index (Phi) is 4.86. The van der Waals surface area contributed by atoms with Crippen molar-refractivity contribution in [1.82, 2.24) is 9.97 Å². The number of anilines is 1. The molecule has 2 rings (SSSR count). The number of rotatable bonds is 5. The molecule has 110 valence electrons. The lowest BCUT2D eigenvalue weighted by atomic mass is 10.2. The van der Waals surface area contributed by atoms with E-state index in [1.54, 1.807) is 6.20 Å². The van der Waals surface area contributed by atoms with Gasteiger partial charge in [0.05, 0.1) is 11.9 Å². The minimum Gasteiger partial charge on any atom is -0.476 e. The maximum absolute atomic E-state index is 11.4. The van der Waals surface area contributed by atoms with Gasteiger partial charge in [-0.05, 0) is 19.1 Å². The molecule has 2 unspecified atom stereocenters. The van der Waals surface area contributed by atoms with Crippen LogP contribution in [-0.4, -0.2) is 38.6 Å². The zero-order valence-electron chi connectivity index (χ0n) is 12.1. The van der Waals surface area contributed by atoms with Gasteiger partial charge in [0.2, 0.25) is 0 Å². The monoisotopic (exact) mass is 295 g/mol. The molecule has 1 heterocycles. The average Bonchev–Trinajstić information content (AvgIpc) is 2.85. The standard InChI is InChI=1S/C14H21N3O2S/c1-8(2)13-15-7-10(12(17-13)14(18)19)16-9-5-4-6-11(9)20-3/h7-9,11,16H,4-6H2,1-3H3,(H,18,19). The van der Waals surface area contributed by atoms with Crippen LogP contribution in [0.2, 0.25) is 0 Å². The highest BCUT2D eigenvalue weighted by atomic mass is 32.2. The molecule has 2 atom stereocenters. The fourth-order valence-corrected chi connectivity index (χ4v) is 3.45. The number of hydrogen-bond donors (Lipinski definition) is 2. The number of carboxylic acids is 1. The molecule has 0 aromatic carbocycles. The van der Waals surface area contributed by atoms with E-state index in [4.69, 9.17) is 0 Å². The highest BCUT2D eigenvalue weighted by Gasteiger charge is 2.28. The lowest BCUT2D eigenvalue weighted by molar-refractivity contribution is 0.0691. The Morgan fingerprint density at radius 2 is 2.25 bits per heavy atom. The van der Waals surface area contributed by atoms with Gasteiger partial charge < -0.3 is 10.4 Å². The third-order valence-electron chi connectivity index (χ3n) is 3.62. The second-order valence-corrected chi connectivity index (χ2v) is 6.48. The van der Waals surface area contributed by atoms with E-state index in [0.29, 0.717) is 22.8 Å². The topological polar surface area (TPSA) is 75.1 Å². The van der Waals surface area contributed by atoms with Gasteiger partial charge in [-0.3, -0.25) is 0 Å². The normalized spacial score (nSPS) is 22.2. The Bertz CT molecular complexity index is 493. The van der Waals surface area contributed by atoms with Crippen molar-refractivity contribution in [2.75, 3.05) is 11.6 Å². The molecule has 20 heavy (non-hydrogen) atoms. The van der Waals surface area contributed by atoms with E-state index < -0.39 is 5.97 Å². The average molecular weight is 295 g/mol. The Morgan fingerprint density at radius 3 is 2.85 bits per heavy atom. The van der Waals surface area contributed by atoms with Gasteiger partial charge in [0.15, 0.2) is 5.69 Å². The molecular weight excluding hydrogens is 274 g/mol. The molecule has 1 aromatic heterocycles. The third-order valence-corrected chi connectivity index (χ3v) is 4.79. The van der Waals surface area contributed by atoms with E-state index in [1.807, 2.05) is 25.6 Å². The van der Waals surface area contributed by atoms with Gasteiger partial charge in [0.25, 0.3) is 0 Å². The van der Waals surface area contributed by atoms with Crippen LogP contribution in [0.15, 0.2) is 6.20 Å². The lowest BCUT2D eigenvalue weighted by Gasteiger charge is -2.21. The minimum absolute atomic E-state index is 0.0791.